The van der Waals surface area contributed by atoms with Gasteiger partial charge in [0, 0.05) is 40.5 Å². The molecule has 10 nitrogen and oxygen atoms in total. The lowest BCUT2D eigenvalue weighted by Gasteiger charge is -2.31. The van der Waals surface area contributed by atoms with Crippen molar-refractivity contribution in [3.8, 4) is 11.5 Å². The van der Waals surface area contributed by atoms with E-state index in [-0.39, 0.29) is 45.4 Å². The number of piperidine rings is 1. The van der Waals surface area contributed by atoms with Crippen molar-refractivity contribution in [2.45, 2.75) is 23.5 Å². The summed E-state index contributed by atoms with van der Waals surface area (Å²) < 4.78 is 66.4. The summed E-state index contributed by atoms with van der Waals surface area (Å²) in [6.07, 6.45) is 1.01. The van der Waals surface area contributed by atoms with Crippen LogP contribution >= 0.6 is 23.2 Å². The van der Waals surface area contributed by atoms with Gasteiger partial charge < -0.3 is 14.8 Å². The second-order valence-electron chi connectivity index (χ2n) is 9.34. The van der Waals surface area contributed by atoms with Crippen molar-refractivity contribution >= 4 is 60.5 Å². The van der Waals surface area contributed by atoms with Gasteiger partial charge in [0.05, 0.1) is 36.5 Å². The number of anilines is 2. The average Bonchev–Trinajstić information content (AvgIpc) is 2.95. The molecule has 0 aliphatic carbocycles. The molecule has 1 unspecified atom stereocenters. The Morgan fingerprint density at radius 1 is 0.976 bits per heavy atom. The first-order valence-corrected chi connectivity index (χ1v) is 16.3. The molecular formula is C27H29Cl2N3O7S2. The summed E-state index contributed by atoms with van der Waals surface area (Å²) in [5.41, 5.74) is 0.894. The molecule has 41 heavy (non-hydrogen) atoms. The number of ether oxygens (including phenoxy) is 2. The van der Waals surface area contributed by atoms with Gasteiger partial charge in [0.25, 0.3) is 10.0 Å². The topological polar surface area (TPSA) is 131 Å². The van der Waals surface area contributed by atoms with Crippen LogP contribution in [0.4, 0.5) is 11.4 Å². The van der Waals surface area contributed by atoms with Gasteiger partial charge in [-0.3, -0.25) is 9.52 Å². The monoisotopic (exact) mass is 641 g/mol. The molecule has 1 heterocycles. The number of carbonyl (C=O) groups is 1. The van der Waals surface area contributed by atoms with Crippen molar-refractivity contribution in [3.05, 3.63) is 76.3 Å². The van der Waals surface area contributed by atoms with E-state index in [2.05, 4.69) is 10.0 Å². The van der Waals surface area contributed by atoms with Crippen LogP contribution in [-0.4, -0.2) is 54.4 Å². The minimum Gasteiger partial charge on any atom is -0.497 e. The molecule has 1 aliphatic heterocycles. The molecule has 2 N–H and O–H groups in total. The minimum atomic E-state index is -3.98. The number of halogens is 2. The van der Waals surface area contributed by atoms with Crippen molar-refractivity contribution in [2.75, 3.05) is 37.3 Å². The van der Waals surface area contributed by atoms with E-state index in [0.29, 0.717) is 35.6 Å². The van der Waals surface area contributed by atoms with E-state index in [1.807, 2.05) is 0 Å². The van der Waals surface area contributed by atoms with Gasteiger partial charge in [-0.1, -0.05) is 29.3 Å². The zero-order valence-electron chi connectivity index (χ0n) is 22.3. The van der Waals surface area contributed by atoms with E-state index in [1.165, 1.54) is 48.9 Å². The standard InChI is InChI=1S/C27H29Cl2N3O7S2/c1-38-20-10-13-26(39-2)25(15-20)31-41(36,37)21-11-8-19(9-12-21)30-27(33)18-5-4-14-32(16-18)40(34,35)17-22-23(28)6-3-7-24(22)29/h3,6-13,15,18,31H,4-5,14,16-17H2,1-2H3,(H,30,33). The van der Waals surface area contributed by atoms with Gasteiger partial charge in [0.1, 0.15) is 11.5 Å². The predicted octanol–water partition coefficient (Wildman–Crippen LogP) is 4.99. The molecule has 1 aliphatic rings. The van der Waals surface area contributed by atoms with Crippen LogP contribution in [0, 0.1) is 5.92 Å². The van der Waals surface area contributed by atoms with Gasteiger partial charge in [0.15, 0.2) is 0 Å². The van der Waals surface area contributed by atoms with Crippen LogP contribution in [0.1, 0.15) is 18.4 Å². The summed E-state index contributed by atoms with van der Waals surface area (Å²) in [5, 5.41) is 3.28. The van der Waals surface area contributed by atoms with E-state index in [4.69, 9.17) is 32.7 Å². The number of methoxy groups -OCH3 is 2. The Morgan fingerprint density at radius 2 is 1.66 bits per heavy atom. The van der Waals surface area contributed by atoms with E-state index in [1.54, 1.807) is 30.3 Å². The van der Waals surface area contributed by atoms with Crippen LogP contribution in [0.25, 0.3) is 0 Å². The van der Waals surface area contributed by atoms with Crippen LogP contribution in [-0.2, 0) is 30.6 Å². The van der Waals surface area contributed by atoms with E-state index in [9.17, 15) is 21.6 Å². The Morgan fingerprint density at radius 3 is 2.29 bits per heavy atom. The van der Waals surface area contributed by atoms with Crippen LogP contribution in [0.3, 0.4) is 0 Å². The second-order valence-corrected chi connectivity index (χ2v) is 13.8. The summed E-state index contributed by atoms with van der Waals surface area (Å²) in [7, 11) is -4.88. The Hall–Kier alpha value is -3.03. The molecule has 1 fully saturated rings. The lowest BCUT2D eigenvalue weighted by molar-refractivity contribution is -0.120. The largest absolute Gasteiger partial charge is 0.497 e. The predicted molar refractivity (Wildman–Crippen MR) is 159 cm³/mol. The molecule has 0 bridgehead atoms. The van der Waals surface area contributed by atoms with E-state index < -0.39 is 26.0 Å². The molecule has 0 aromatic heterocycles. The van der Waals surface area contributed by atoms with Crippen molar-refractivity contribution in [2.24, 2.45) is 5.92 Å². The number of carbonyl (C=O) groups excluding carboxylic acids is 1. The third kappa shape index (κ3) is 7.44. The number of benzene rings is 3. The molecule has 0 saturated carbocycles. The minimum absolute atomic E-state index is 0.00892. The Kier molecular flexibility index (Phi) is 9.70. The first-order valence-electron chi connectivity index (χ1n) is 12.5. The second kappa shape index (κ2) is 12.9. The molecule has 0 radical (unpaired) electrons. The van der Waals surface area contributed by atoms with Gasteiger partial charge in [-0.15, -0.1) is 0 Å². The number of rotatable bonds is 10. The first kappa shape index (κ1) is 30.9. The zero-order valence-corrected chi connectivity index (χ0v) is 25.4. The van der Waals surface area contributed by atoms with Crippen molar-refractivity contribution in [1.82, 2.24) is 4.31 Å². The smallest absolute Gasteiger partial charge is 0.262 e. The normalized spacial score (nSPS) is 16.1. The molecule has 4 rings (SSSR count). The van der Waals surface area contributed by atoms with Crippen LogP contribution in [0.15, 0.2) is 65.6 Å². The molecule has 14 heteroatoms. The molecule has 1 saturated heterocycles. The molecule has 1 amide bonds. The van der Waals surface area contributed by atoms with Crippen LogP contribution in [0.5, 0.6) is 11.5 Å². The van der Waals surface area contributed by atoms with Gasteiger partial charge in [0.2, 0.25) is 15.9 Å². The highest BCUT2D eigenvalue weighted by atomic mass is 35.5. The number of nitrogens with zero attached hydrogens (tertiary/aromatic N) is 1. The van der Waals surface area contributed by atoms with Crippen LogP contribution in [0.2, 0.25) is 10.0 Å². The molecule has 1 atom stereocenters. The summed E-state index contributed by atoms with van der Waals surface area (Å²) in [6, 6.07) is 15.2. The lowest BCUT2D eigenvalue weighted by Crippen LogP contribution is -2.44. The Labute approximate surface area is 249 Å². The highest BCUT2D eigenvalue weighted by Crippen LogP contribution is 2.32. The van der Waals surface area contributed by atoms with Crippen molar-refractivity contribution < 1.29 is 31.1 Å². The lowest BCUT2D eigenvalue weighted by atomic mass is 9.99. The molecule has 220 valence electrons. The highest BCUT2D eigenvalue weighted by molar-refractivity contribution is 7.92. The summed E-state index contributed by atoms with van der Waals surface area (Å²) in [5.74, 6) is -0.563. The number of hydrogen-bond acceptors (Lipinski definition) is 7. The first-order chi connectivity index (χ1) is 19.4. The molecule has 3 aromatic rings. The maximum absolute atomic E-state index is 13.1. The maximum atomic E-state index is 13.1. The van der Waals surface area contributed by atoms with Crippen LogP contribution < -0.4 is 19.5 Å². The Bertz CT molecular complexity index is 1610. The third-order valence-corrected chi connectivity index (χ3v) is 10.5. The quantitative estimate of drug-likeness (QED) is 0.319. The number of hydrogen-bond donors (Lipinski definition) is 2. The van der Waals surface area contributed by atoms with E-state index in [0.717, 1.165) is 0 Å². The SMILES string of the molecule is COc1ccc(OC)c(NS(=O)(=O)c2ccc(NC(=O)C3CCCN(S(=O)(=O)Cc4c(Cl)cccc4Cl)C3)cc2)c1. The molecular weight excluding hydrogens is 613 g/mol. The van der Waals surface area contributed by atoms with Crippen molar-refractivity contribution in [1.29, 1.82) is 0 Å². The van der Waals surface area contributed by atoms with Crippen molar-refractivity contribution in [3.63, 3.8) is 0 Å². The molecule has 0 spiro atoms. The number of nitrogens with one attached hydrogen (secondary N) is 2. The fourth-order valence-corrected chi connectivity index (χ4v) is 7.84. The van der Waals surface area contributed by atoms with Gasteiger partial charge in [-0.05, 0) is 61.4 Å². The molecule has 3 aromatic carbocycles. The fraction of sp³-hybridized carbons (Fsp3) is 0.296. The fourth-order valence-electron chi connectivity index (χ4n) is 4.41. The van der Waals surface area contributed by atoms with E-state index >= 15 is 0 Å². The highest BCUT2D eigenvalue weighted by Gasteiger charge is 2.33. The average molecular weight is 643 g/mol. The van der Waals surface area contributed by atoms with Gasteiger partial charge in [-0.25, -0.2) is 21.1 Å². The summed E-state index contributed by atoms with van der Waals surface area (Å²) in [4.78, 5) is 13.0. The Balaban J connectivity index is 1.41. The number of amides is 1. The third-order valence-electron chi connectivity index (χ3n) is 6.62. The van der Waals surface area contributed by atoms with Gasteiger partial charge >= 0.3 is 0 Å². The summed E-state index contributed by atoms with van der Waals surface area (Å²) >= 11 is 12.3. The zero-order chi connectivity index (χ0) is 29.8. The number of sulfonamides is 2. The van der Waals surface area contributed by atoms with Gasteiger partial charge in [-0.2, -0.15) is 0 Å². The maximum Gasteiger partial charge on any atom is 0.262 e. The summed E-state index contributed by atoms with van der Waals surface area (Å²) in [6.45, 7) is 0.292.